The highest BCUT2D eigenvalue weighted by Gasteiger charge is 2.18. The summed E-state index contributed by atoms with van der Waals surface area (Å²) in [5, 5.41) is 11.2. The number of hydrogen-bond acceptors (Lipinski definition) is 3. The van der Waals surface area contributed by atoms with Crippen molar-refractivity contribution < 1.29 is 9.72 Å². The first-order valence-electron chi connectivity index (χ1n) is 4.55. The quantitative estimate of drug-likeness (QED) is 0.465. The summed E-state index contributed by atoms with van der Waals surface area (Å²) in [6.07, 6.45) is 0.760. The molecule has 1 aromatic rings. The molecule has 0 fully saturated rings. The SMILES string of the molecule is O=CC[C@H](C[N+](=O)[O-])c1ccc(Cl)c(Cl)c1. The van der Waals surface area contributed by atoms with E-state index in [1.807, 2.05) is 0 Å². The molecule has 0 amide bonds. The van der Waals surface area contributed by atoms with Gasteiger partial charge in [-0.25, -0.2) is 0 Å². The predicted octanol–water partition coefficient (Wildman–Crippen LogP) is 2.94. The topological polar surface area (TPSA) is 60.2 Å². The van der Waals surface area contributed by atoms with Gasteiger partial charge in [0.2, 0.25) is 6.54 Å². The highest BCUT2D eigenvalue weighted by Crippen LogP contribution is 2.27. The van der Waals surface area contributed by atoms with Crippen LogP contribution in [-0.4, -0.2) is 17.8 Å². The number of nitro groups is 1. The summed E-state index contributed by atoms with van der Waals surface area (Å²) < 4.78 is 0. The Morgan fingerprint density at radius 1 is 1.38 bits per heavy atom. The number of aldehydes is 1. The molecule has 0 aromatic heterocycles. The molecule has 0 aliphatic carbocycles. The minimum absolute atomic E-state index is 0.0962. The normalized spacial score (nSPS) is 12.1. The molecule has 0 spiro atoms. The minimum atomic E-state index is -0.456. The van der Waals surface area contributed by atoms with Crippen molar-refractivity contribution in [3.63, 3.8) is 0 Å². The second-order valence-corrected chi connectivity index (χ2v) is 4.10. The lowest BCUT2D eigenvalue weighted by Gasteiger charge is -2.10. The zero-order valence-electron chi connectivity index (χ0n) is 8.23. The second-order valence-electron chi connectivity index (χ2n) is 3.29. The molecule has 0 saturated carbocycles. The van der Waals surface area contributed by atoms with Crippen LogP contribution < -0.4 is 0 Å². The van der Waals surface area contributed by atoms with E-state index in [9.17, 15) is 14.9 Å². The number of nitrogens with zero attached hydrogens (tertiary/aromatic N) is 1. The van der Waals surface area contributed by atoms with Gasteiger partial charge in [0, 0.05) is 11.3 Å². The van der Waals surface area contributed by atoms with Gasteiger partial charge in [-0.3, -0.25) is 10.1 Å². The van der Waals surface area contributed by atoms with Crippen LogP contribution in [0.25, 0.3) is 0 Å². The number of benzene rings is 1. The predicted molar refractivity (Wildman–Crippen MR) is 61.7 cm³/mol. The first-order chi connectivity index (χ1) is 7.54. The van der Waals surface area contributed by atoms with Gasteiger partial charge in [0.25, 0.3) is 0 Å². The fourth-order valence-corrected chi connectivity index (χ4v) is 1.68. The highest BCUT2D eigenvalue weighted by atomic mass is 35.5. The molecule has 0 unspecified atom stereocenters. The van der Waals surface area contributed by atoms with Crippen LogP contribution in [0.15, 0.2) is 18.2 Å². The molecule has 0 radical (unpaired) electrons. The Morgan fingerprint density at radius 3 is 2.56 bits per heavy atom. The Labute approximate surface area is 102 Å². The van der Waals surface area contributed by atoms with Crippen LogP contribution in [0.3, 0.4) is 0 Å². The summed E-state index contributed by atoms with van der Waals surface area (Å²) >= 11 is 11.5. The molecular weight excluding hydrogens is 253 g/mol. The number of carbonyl (C=O) groups excluding carboxylic acids is 1. The summed E-state index contributed by atoms with van der Waals surface area (Å²) in [7, 11) is 0. The summed E-state index contributed by atoms with van der Waals surface area (Å²) in [6, 6.07) is 4.77. The fourth-order valence-electron chi connectivity index (χ4n) is 1.38. The molecule has 0 heterocycles. The third kappa shape index (κ3) is 3.47. The van der Waals surface area contributed by atoms with Crippen molar-refractivity contribution in [1.29, 1.82) is 0 Å². The zero-order chi connectivity index (χ0) is 12.1. The maximum atomic E-state index is 10.4. The molecule has 1 aromatic carbocycles. The Morgan fingerprint density at radius 2 is 2.06 bits per heavy atom. The zero-order valence-corrected chi connectivity index (χ0v) is 9.74. The summed E-state index contributed by atoms with van der Waals surface area (Å²) in [4.78, 5) is 20.4. The van der Waals surface area contributed by atoms with Crippen molar-refractivity contribution >= 4 is 29.5 Å². The van der Waals surface area contributed by atoms with Crippen LogP contribution in [0.2, 0.25) is 10.0 Å². The standard InChI is InChI=1S/C10H9Cl2NO3/c11-9-2-1-7(5-10(9)12)8(3-4-14)6-13(15)16/h1-2,4-5,8H,3,6H2/t8-/m1/s1. The van der Waals surface area contributed by atoms with Crippen molar-refractivity contribution in [2.24, 2.45) is 0 Å². The van der Waals surface area contributed by atoms with Crippen molar-refractivity contribution in [1.82, 2.24) is 0 Å². The average Bonchev–Trinajstić information content (AvgIpc) is 2.21. The largest absolute Gasteiger partial charge is 0.303 e. The van der Waals surface area contributed by atoms with Crippen LogP contribution in [0, 0.1) is 10.1 Å². The van der Waals surface area contributed by atoms with Crippen molar-refractivity contribution in [3.8, 4) is 0 Å². The van der Waals surface area contributed by atoms with Crippen molar-refractivity contribution in [3.05, 3.63) is 43.9 Å². The molecule has 6 heteroatoms. The van der Waals surface area contributed by atoms with Gasteiger partial charge in [-0.1, -0.05) is 29.3 Å². The third-order valence-corrected chi connectivity index (χ3v) is 2.90. The molecule has 86 valence electrons. The van der Waals surface area contributed by atoms with E-state index in [2.05, 4.69) is 0 Å². The Hall–Kier alpha value is -1.13. The molecule has 1 rings (SSSR count). The van der Waals surface area contributed by atoms with E-state index in [0.29, 0.717) is 21.9 Å². The van der Waals surface area contributed by atoms with Gasteiger partial charge in [0.05, 0.1) is 16.0 Å². The first-order valence-corrected chi connectivity index (χ1v) is 5.30. The fraction of sp³-hybridized carbons (Fsp3) is 0.300. The number of carbonyl (C=O) groups is 1. The Bertz CT molecular complexity index is 409. The average molecular weight is 262 g/mol. The number of halogens is 2. The van der Waals surface area contributed by atoms with E-state index < -0.39 is 10.8 Å². The molecule has 0 N–H and O–H groups in total. The minimum Gasteiger partial charge on any atom is -0.303 e. The lowest BCUT2D eigenvalue weighted by Crippen LogP contribution is -2.13. The molecule has 16 heavy (non-hydrogen) atoms. The molecule has 0 aliphatic heterocycles. The van der Waals surface area contributed by atoms with E-state index in [1.54, 1.807) is 18.2 Å². The first kappa shape index (κ1) is 12.9. The Kier molecular flexibility index (Phi) is 4.71. The van der Waals surface area contributed by atoms with Crippen molar-refractivity contribution in [2.45, 2.75) is 12.3 Å². The number of hydrogen-bond donors (Lipinski definition) is 0. The van der Waals surface area contributed by atoms with E-state index in [1.165, 1.54) is 0 Å². The van der Waals surface area contributed by atoms with E-state index in [4.69, 9.17) is 23.2 Å². The van der Waals surface area contributed by atoms with Gasteiger partial charge in [0.1, 0.15) is 6.29 Å². The van der Waals surface area contributed by atoms with Gasteiger partial charge >= 0.3 is 0 Å². The highest BCUT2D eigenvalue weighted by molar-refractivity contribution is 6.42. The lowest BCUT2D eigenvalue weighted by molar-refractivity contribution is -0.483. The monoisotopic (exact) mass is 261 g/mol. The summed E-state index contributed by atoms with van der Waals surface area (Å²) in [5.41, 5.74) is 0.651. The van der Waals surface area contributed by atoms with Gasteiger partial charge in [0.15, 0.2) is 0 Å². The van der Waals surface area contributed by atoms with Crippen LogP contribution >= 0.6 is 23.2 Å². The summed E-state index contributed by atoms with van der Waals surface area (Å²) in [5.74, 6) is -0.456. The van der Waals surface area contributed by atoms with E-state index in [-0.39, 0.29) is 13.0 Å². The van der Waals surface area contributed by atoms with Crippen LogP contribution in [0.4, 0.5) is 0 Å². The molecular formula is C10H9Cl2NO3. The van der Waals surface area contributed by atoms with E-state index >= 15 is 0 Å². The maximum absolute atomic E-state index is 10.4. The molecule has 1 atom stereocenters. The molecule has 4 nitrogen and oxygen atoms in total. The van der Waals surface area contributed by atoms with Gasteiger partial charge in [-0.2, -0.15) is 0 Å². The Balaban J connectivity index is 2.95. The van der Waals surface area contributed by atoms with Crippen LogP contribution in [0.1, 0.15) is 17.9 Å². The van der Waals surface area contributed by atoms with Gasteiger partial charge in [-0.05, 0) is 17.7 Å². The second kappa shape index (κ2) is 5.82. The third-order valence-electron chi connectivity index (χ3n) is 2.17. The van der Waals surface area contributed by atoms with Crippen molar-refractivity contribution in [2.75, 3.05) is 6.54 Å². The lowest BCUT2D eigenvalue weighted by atomic mass is 9.96. The summed E-state index contributed by atoms with van der Waals surface area (Å²) in [6.45, 7) is -0.295. The molecule has 0 aliphatic rings. The molecule has 0 bridgehead atoms. The molecule has 0 saturated heterocycles. The van der Waals surface area contributed by atoms with Crippen LogP contribution in [-0.2, 0) is 4.79 Å². The maximum Gasteiger partial charge on any atom is 0.211 e. The van der Waals surface area contributed by atoms with E-state index in [0.717, 1.165) is 0 Å². The van der Waals surface area contributed by atoms with Crippen LogP contribution in [0.5, 0.6) is 0 Å². The smallest absolute Gasteiger partial charge is 0.211 e. The number of rotatable bonds is 5. The van der Waals surface area contributed by atoms with Gasteiger partial charge < -0.3 is 4.79 Å². The van der Waals surface area contributed by atoms with Gasteiger partial charge in [-0.15, -0.1) is 0 Å².